The number of carbonyl (C=O) groups is 2. The van der Waals surface area contributed by atoms with E-state index in [9.17, 15) is 18.0 Å². The highest BCUT2D eigenvalue weighted by atomic mass is 32.2. The van der Waals surface area contributed by atoms with Crippen LogP contribution in [0.5, 0.6) is 0 Å². The Hall–Kier alpha value is -3.05. The van der Waals surface area contributed by atoms with Gasteiger partial charge in [0, 0.05) is 12.6 Å². The summed E-state index contributed by atoms with van der Waals surface area (Å²) < 4.78 is 27.6. The molecule has 1 aromatic heterocycles. The van der Waals surface area contributed by atoms with Crippen molar-refractivity contribution in [2.45, 2.75) is 42.4 Å². The topological polar surface area (TPSA) is 175 Å². The summed E-state index contributed by atoms with van der Waals surface area (Å²) in [5.74, 6) is -0.696. The third kappa shape index (κ3) is 3.19. The van der Waals surface area contributed by atoms with E-state index in [4.69, 9.17) is 21.0 Å². The number of hydrogen-bond donors (Lipinski definition) is 4. The van der Waals surface area contributed by atoms with Crippen molar-refractivity contribution in [3.05, 3.63) is 41.7 Å². The number of carbonyl (C=O) groups excluding carboxylic acids is 2. The normalized spacial score (nSPS) is 20.2. The van der Waals surface area contributed by atoms with Crippen molar-refractivity contribution >= 4 is 33.2 Å². The van der Waals surface area contributed by atoms with E-state index in [1.165, 1.54) is 0 Å². The fourth-order valence-electron chi connectivity index (χ4n) is 4.35. The van der Waals surface area contributed by atoms with Gasteiger partial charge in [0.2, 0.25) is 5.09 Å². The first-order valence-corrected chi connectivity index (χ1v) is 11.1. The molecule has 1 saturated heterocycles. The minimum absolute atomic E-state index is 0.0540. The van der Waals surface area contributed by atoms with Gasteiger partial charge >= 0.3 is 0 Å². The molecule has 1 aliphatic heterocycles. The number of sulfonamides is 1. The Bertz CT molecular complexity index is 1120. The second kappa shape index (κ2) is 7.03. The molecule has 1 saturated carbocycles. The van der Waals surface area contributed by atoms with Crippen LogP contribution in [0.3, 0.4) is 0 Å². The number of nitrogens with two attached hydrogens (primary N) is 3. The molecule has 0 bridgehead atoms. The Balaban J connectivity index is 1.55. The summed E-state index contributed by atoms with van der Waals surface area (Å²) in [7, 11) is -4.04. The van der Waals surface area contributed by atoms with Crippen LogP contribution in [0.25, 0.3) is 0 Å². The van der Waals surface area contributed by atoms with Crippen LogP contribution >= 0.6 is 0 Å². The molecule has 1 aromatic carbocycles. The number of hydrogen-bond acceptors (Lipinski definition) is 7. The minimum atomic E-state index is -4.04. The molecule has 2 aromatic rings. The summed E-state index contributed by atoms with van der Waals surface area (Å²) in [5, 5.41) is 7.47. The lowest BCUT2D eigenvalue weighted by Crippen LogP contribution is -2.61. The Morgan fingerprint density at radius 1 is 1.23 bits per heavy atom. The number of furan rings is 1. The van der Waals surface area contributed by atoms with Crippen molar-refractivity contribution in [3.63, 3.8) is 0 Å². The number of amides is 2. The van der Waals surface area contributed by atoms with E-state index >= 15 is 0 Å². The van der Waals surface area contributed by atoms with Crippen LogP contribution in [-0.4, -0.2) is 43.3 Å². The molecule has 2 fully saturated rings. The third-order valence-corrected chi connectivity index (χ3v) is 6.86. The number of likely N-dealkylation sites (tertiary alicyclic amines) is 1. The molecule has 2 aliphatic rings. The number of para-hydroxylation sites is 1. The zero-order valence-electron chi connectivity index (χ0n) is 16.1. The van der Waals surface area contributed by atoms with Gasteiger partial charge in [-0.3, -0.25) is 9.59 Å². The number of nitrogens with zero attached hydrogens (tertiary/aromatic N) is 1. The maximum absolute atomic E-state index is 13.2. The van der Waals surface area contributed by atoms with E-state index in [0.29, 0.717) is 24.2 Å². The van der Waals surface area contributed by atoms with Crippen LogP contribution in [0.15, 0.2) is 40.0 Å². The van der Waals surface area contributed by atoms with Crippen molar-refractivity contribution in [1.82, 2.24) is 10.2 Å². The van der Waals surface area contributed by atoms with Crippen LogP contribution < -0.4 is 21.9 Å². The molecule has 0 radical (unpaired) electrons. The van der Waals surface area contributed by atoms with Crippen LogP contribution in [0.4, 0.5) is 11.4 Å². The molecule has 160 valence electrons. The van der Waals surface area contributed by atoms with Gasteiger partial charge in [0.25, 0.3) is 21.8 Å². The van der Waals surface area contributed by atoms with E-state index in [1.807, 2.05) is 0 Å². The largest absolute Gasteiger partial charge is 0.451 e. The highest BCUT2D eigenvalue weighted by Crippen LogP contribution is 2.46. The molecule has 4 rings (SSSR count). The summed E-state index contributed by atoms with van der Waals surface area (Å²) in [6, 6.07) is 5.77. The number of nitrogen functional groups attached to an aromatic ring is 2. The Labute approximate surface area is 173 Å². The maximum Gasteiger partial charge on any atom is 0.271 e. The molecular weight excluding hydrogens is 410 g/mol. The van der Waals surface area contributed by atoms with Crippen LogP contribution in [0.1, 0.15) is 46.4 Å². The molecular formula is C19H23N5O5S. The van der Waals surface area contributed by atoms with Gasteiger partial charge in [-0.05, 0) is 37.8 Å². The zero-order chi connectivity index (χ0) is 21.7. The molecule has 1 spiro atoms. The van der Waals surface area contributed by atoms with Gasteiger partial charge in [-0.25, -0.2) is 13.6 Å². The quantitative estimate of drug-likeness (QED) is 0.512. The van der Waals surface area contributed by atoms with Crippen LogP contribution in [-0.2, 0) is 10.0 Å². The summed E-state index contributed by atoms with van der Waals surface area (Å²) in [5.41, 5.74) is 12.4. The maximum atomic E-state index is 13.2. The third-order valence-electron chi connectivity index (χ3n) is 6.09. The van der Waals surface area contributed by atoms with Gasteiger partial charge in [-0.1, -0.05) is 6.07 Å². The molecule has 1 unspecified atom stereocenters. The summed E-state index contributed by atoms with van der Waals surface area (Å²) in [6.07, 6.45) is 4.05. The van der Waals surface area contributed by atoms with Gasteiger partial charge < -0.3 is 26.1 Å². The lowest BCUT2D eigenvalue weighted by Gasteiger charge is -2.49. The Kier molecular flexibility index (Phi) is 4.74. The van der Waals surface area contributed by atoms with E-state index < -0.39 is 26.6 Å². The number of benzene rings is 1. The van der Waals surface area contributed by atoms with Gasteiger partial charge in [-0.15, -0.1) is 0 Å². The number of primary sulfonamides is 1. The molecule has 10 nitrogen and oxygen atoms in total. The first-order chi connectivity index (χ1) is 14.1. The standard InChI is InChI=1S/C19H23N5O5S/c20-13-4-1-3-12(16(13)21)18(26)24-8-5-14(19(24)6-2-7-19)23-17(25)11-9-15(29-10-11)30(22,27)28/h1,3-4,9-10,14H,2,5-8,20-21H2,(H,23,25)(H2,22,27,28). The van der Waals surface area contributed by atoms with Crippen molar-refractivity contribution in [1.29, 1.82) is 0 Å². The van der Waals surface area contributed by atoms with Gasteiger partial charge in [0.1, 0.15) is 6.26 Å². The molecule has 30 heavy (non-hydrogen) atoms. The van der Waals surface area contributed by atoms with E-state index in [1.54, 1.807) is 23.1 Å². The van der Waals surface area contributed by atoms with Crippen LogP contribution in [0, 0.1) is 0 Å². The SMILES string of the molecule is Nc1cccc(C(=O)N2CCC(NC(=O)c3coc(S(N)(=O)=O)c3)C23CCC3)c1N. The molecule has 7 N–H and O–H groups in total. The summed E-state index contributed by atoms with van der Waals surface area (Å²) in [4.78, 5) is 27.7. The molecule has 1 atom stereocenters. The average molecular weight is 433 g/mol. The molecule has 2 heterocycles. The predicted octanol–water partition coefficient (Wildman–Crippen LogP) is 0.659. The fourth-order valence-corrected chi connectivity index (χ4v) is 4.82. The van der Waals surface area contributed by atoms with Crippen molar-refractivity contribution < 1.29 is 22.4 Å². The van der Waals surface area contributed by atoms with Crippen molar-refractivity contribution in [3.8, 4) is 0 Å². The summed E-state index contributed by atoms with van der Waals surface area (Å²) >= 11 is 0. The Morgan fingerprint density at radius 2 is 1.97 bits per heavy atom. The zero-order valence-corrected chi connectivity index (χ0v) is 16.9. The highest BCUT2D eigenvalue weighted by molar-refractivity contribution is 7.89. The van der Waals surface area contributed by atoms with Crippen molar-refractivity contribution in [2.75, 3.05) is 18.0 Å². The van der Waals surface area contributed by atoms with E-state index in [-0.39, 0.29) is 23.2 Å². The second-order valence-corrected chi connectivity index (χ2v) is 9.23. The van der Waals surface area contributed by atoms with Gasteiger partial charge in [0.05, 0.1) is 34.1 Å². The van der Waals surface area contributed by atoms with E-state index in [2.05, 4.69) is 5.32 Å². The Morgan fingerprint density at radius 3 is 2.57 bits per heavy atom. The van der Waals surface area contributed by atoms with Crippen molar-refractivity contribution in [2.24, 2.45) is 5.14 Å². The highest BCUT2D eigenvalue weighted by Gasteiger charge is 2.55. The lowest BCUT2D eigenvalue weighted by molar-refractivity contribution is 0.0261. The predicted molar refractivity (Wildman–Crippen MR) is 109 cm³/mol. The molecule has 1 aliphatic carbocycles. The van der Waals surface area contributed by atoms with Gasteiger partial charge in [0.15, 0.2) is 0 Å². The molecule has 2 amide bonds. The summed E-state index contributed by atoms with van der Waals surface area (Å²) in [6.45, 7) is 0.464. The second-order valence-electron chi connectivity index (χ2n) is 7.74. The van der Waals surface area contributed by atoms with Gasteiger partial charge in [-0.2, -0.15) is 0 Å². The monoisotopic (exact) mass is 433 g/mol. The first-order valence-electron chi connectivity index (χ1n) is 9.51. The van der Waals surface area contributed by atoms with E-state index in [0.717, 1.165) is 31.6 Å². The number of anilines is 2. The number of nitrogens with one attached hydrogen (secondary N) is 1. The smallest absolute Gasteiger partial charge is 0.271 e. The van der Waals surface area contributed by atoms with Crippen LogP contribution in [0.2, 0.25) is 0 Å². The fraction of sp³-hybridized carbons (Fsp3) is 0.368. The lowest BCUT2D eigenvalue weighted by atomic mass is 9.71. The first kappa shape index (κ1) is 20.2. The average Bonchev–Trinajstić information content (AvgIpc) is 3.28. The minimum Gasteiger partial charge on any atom is -0.451 e. The number of rotatable bonds is 4. The molecule has 11 heteroatoms.